The molecule has 0 aliphatic heterocycles. The lowest BCUT2D eigenvalue weighted by Crippen LogP contribution is -2.29. The Morgan fingerprint density at radius 3 is 2.00 bits per heavy atom. The molecule has 0 unspecified atom stereocenters. The number of hydrogen-bond donors (Lipinski definition) is 1. The molecule has 0 saturated heterocycles. The number of nitrogens with two attached hydrogens (primary N) is 1. The Kier molecular flexibility index (Phi) is 5.98. The quantitative estimate of drug-likeness (QED) is 0.809. The predicted molar refractivity (Wildman–Crippen MR) is 85.7 cm³/mol. The monoisotopic (exact) mass is 282 g/mol. The van der Waals surface area contributed by atoms with Crippen molar-refractivity contribution in [3.05, 3.63) is 71.8 Å². The summed E-state index contributed by atoms with van der Waals surface area (Å²) in [6, 6.07) is 20.7. The third-order valence-corrected chi connectivity index (χ3v) is 3.48. The molecule has 0 atom stereocenters. The number of hydrogen-bond acceptors (Lipinski definition) is 2. The minimum Gasteiger partial charge on any atom is -0.370 e. The summed E-state index contributed by atoms with van der Waals surface area (Å²) < 4.78 is 0. The van der Waals surface area contributed by atoms with Gasteiger partial charge in [-0.1, -0.05) is 60.7 Å². The smallest absolute Gasteiger partial charge is 0.218 e. The Hall–Kier alpha value is -2.13. The standard InChI is InChI=1S/C18H22N2O/c19-18(21)12-14-20(15-17-9-5-2-6-10-17)13-11-16-7-3-1-4-8-16/h1-10H,11-15H2,(H2,19,21). The minimum atomic E-state index is -0.243. The van der Waals surface area contributed by atoms with Gasteiger partial charge in [0.15, 0.2) is 0 Å². The Labute approximate surface area is 126 Å². The third kappa shape index (κ3) is 5.79. The van der Waals surface area contributed by atoms with Crippen molar-refractivity contribution in [1.29, 1.82) is 0 Å². The summed E-state index contributed by atoms with van der Waals surface area (Å²) in [4.78, 5) is 13.3. The van der Waals surface area contributed by atoms with Crippen molar-refractivity contribution in [3.63, 3.8) is 0 Å². The summed E-state index contributed by atoms with van der Waals surface area (Å²) in [7, 11) is 0. The first kappa shape index (κ1) is 15.3. The van der Waals surface area contributed by atoms with E-state index in [0.29, 0.717) is 13.0 Å². The highest BCUT2D eigenvalue weighted by Gasteiger charge is 2.08. The largest absolute Gasteiger partial charge is 0.370 e. The van der Waals surface area contributed by atoms with Crippen LogP contribution in [0.15, 0.2) is 60.7 Å². The summed E-state index contributed by atoms with van der Waals surface area (Å²) in [6.45, 7) is 2.48. The van der Waals surface area contributed by atoms with Gasteiger partial charge in [0, 0.05) is 26.1 Å². The molecule has 0 heterocycles. The van der Waals surface area contributed by atoms with E-state index in [2.05, 4.69) is 41.3 Å². The van der Waals surface area contributed by atoms with Gasteiger partial charge in [0.25, 0.3) is 0 Å². The van der Waals surface area contributed by atoms with Gasteiger partial charge in [0.2, 0.25) is 5.91 Å². The number of benzene rings is 2. The number of primary amides is 1. The summed E-state index contributed by atoms with van der Waals surface area (Å²) in [5, 5.41) is 0. The third-order valence-electron chi connectivity index (χ3n) is 3.48. The zero-order valence-electron chi connectivity index (χ0n) is 12.2. The molecule has 0 fully saturated rings. The van der Waals surface area contributed by atoms with E-state index in [1.165, 1.54) is 11.1 Å². The maximum Gasteiger partial charge on any atom is 0.218 e. The molecular formula is C18H22N2O. The Morgan fingerprint density at radius 2 is 1.43 bits per heavy atom. The first-order valence-electron chi connectivity index (χ1n) is 7.32. The topological polar surface area (TPSA) is 46.3 Å². The van der Waals surface area contributed by atoms with E-state index >= 15 is 0 Å². The van der Waals surface area contributed by atoms with Gasteiger partial charge in [-0.05, 0) is 17.5 Å². The molecule has 2 rings (SSSR count). The van der Waals surface area contributed by atoms with Gasteiger partial charge in [-0.2, -0.15) is 0 Å². The lowest BCUT2D eigenvalue weighted by atomic mass is 10.1. The number of rotatable bonds is 8. The molecule has 3 heteroatoms. The maximum absolute atomic E-state index is 11.0. The van der Waals surface area contributed by atoms with Crippen LogP contribution in [0.25, 0.3) is 0 Å². The summed E-state index contributed by atoms with van der Waals surface area (Å²) >= 11 is 0. The Bertz CT molecular complexity index is 540. The highest BCUT2D eigenvalue weighted by Crippen LogP contribution is 2.07. The van der Waals surface area contributed by atoms with Crippen LogP contribution in [0.1, 0.15) is 17.5 Å². The SMILES string of the molecule is NC(=O)CCN(CCc1ccccc1)Cc1ccccc1. The minimum absolute atomic E-state index is 0.243. The summed E-state index contributed by atoms with van der Waals surface area (Å²) in [5.74, 6) is -0.243. The molecule has 2 aromatic rings. The van der Waals surface area contributed by atoms with Crippen LogP contribution >= 0.6 is 0 Å². The molecule has 2 aromatic carbocycles. The van der Waals surface area contributed by atoms with Crippen LogP contribution in [0.3, 0.4) is 0 Å². The van der Waals surface area contributed by atoms with Crippen molar-refractivity contribution in [2.24, 2.45) is 5.73 Å². The van der Waals surface area contributed by atoms with E-state index in [-0.39, 0.29) is 5.91 Å². The summed E-state index contributed by atoms with van der Waals surface area (Å²) in [6.07, 6.45) is 1.38. The van der Waals surface area contributed by atoms with E-state index in [0.717, 1.165) is 19.5 Å². The van der Waals surface area contributed by atoms with E-state index < -0.39 is 0 Å². The van der Waals surface area contributed by atoms with Crippen molar-refractivity contribution in [1.82, 2.24) is 4.90 Å². The van der Waals surface area contributed by atoms with Gasteiger partial charge in [0.1, 0.15) is 0 Å². The molecule has 0 bridgehead atoms. The fourth-order valence-electron chi connectivity index (χ4n) is 2.31. The van der Waals surface area contributed by atoms with E-state index in [1.54, 1.807) is 0 Å². The Balaban J connectivity index is 1.93. The lowest BCUT2D eigenvalue weighted by Gasteiger charge is -2.22. The molecule has 0 aromatic heterocycles. The molecule has 0 aliphatic rings. The average Bonchev–Trinajstić information content (AvgIpc) is 2.52. The van der Waals surface area contributed by atoms with Crippen molar-refractivity contribution >= 4 is 5.91 Å². The van der Waals surface area contributed by atoms with Gasteiger partial charge in [0.05, 0.1) is 0 Å². The van der Waals surface area contributed by atoms with Crippen LogP contribution in [0, 0.1) is 0 Å². The zero-order chi connectivity index (χ0) is 14.9. The van der Waals surface area contributed by atoms with Crippen molar-refractivity contribution in [2.75, 3.05) is 13.1 Å². The maximum atomic E-state index is 11.0. The van der Waals surface area contributed by atoms with Crippen LogP contribution in [0.2, 0.25) is 0 Å². The van der Waals surface area contributed by atoms with Crippen LogP contribution in [-0.2, 0) is 17.8 Å². The number of amides is 1. The molecule has 0 radical (unpaired) electrons. The second kappa shape index (κ2) is 8.22. The first-order chi connectivity index (χ1) is 10.2. The van der Waals surface area contributed by atoms with Crippen LogP contribution in [-0.4, -0.2) is 23.9 Å². The normalized spacial score (nSPS) is 10.7. The van der Waals surface area contributed by atoms with Crippen molar-refractivity contribution < 1.29 is 4.79 Å². The summed E-state index contributed by atoms with van der Waals surface area (Å²) in [5.41, 5.74) is 7.85. The average molecular weight is 282 g/mol. The fourth-order valence-corrected chi connectivity index (χ4v) is 2.31. The van der Waals surface area contributed by atoms with E-state index in [4.69, 9.17) is 5.73 Å². The van der Waals surface area contributed by atoms with Crippen LogP contribution < -0.4 is 5.73 Å². The second-order valence-corrected chi connectivity index (χ2v) is 5.21. The fraction of sp³-hybridized carbons (Fsp3) is 0.278. The number of carbonyl (C=O) groups excluding carboxylic acids is 1. The van der Waals surface area contributed by atoms with E-state index in [1.807, 2.05) is 24.3 Å². The van der Waals surface area contributed by atoms with Crippen molar-refractivity contribution in [2.45, 2.75) is 19.4 Å². The van der Waals surface area contributed by atoms with E-state index in [9.17, 15) is 4.79 Å². The van der Waals surface area contributed by atoms with Gasteiger partial charge in [-0.3, -0.25) is 9.69 Å². The predicted octanol–water partition coefficient (Wildman–Crippen LogP) is 2.61. The second-order valence-electron chi connectivity index (χ2n) is 5.21. The zero-order valence-corrected chi connectivity index (χ0v) is 12.2. The molecule has 0 spiro atoms. The van der Waals surface area contributed by atoms with Crippen LogP contribution in [0.4, 0.5) is 0 Å². The molecule has 0 saturated carbocycles. The Morgan fingerprint density at radius 1 is 0.857 bits per heavy atom. The van der Waals surface area contributed by atoms with Gasteiger partial charge < -0.3 is 5.73 Å². The van der Waals surface area contributed by atoms with Gasteiger partial charge in [-0.25, -0.2) is 0 Å². The molecule has 21 heavy (non-hydrogen) atoms. The van der Waals surface area contributed by atoms with Gasteiger partial charge in [-0.15, -0.1) is 0 Å². The number of nitrogens with zero attached hydrogens (tertiary/aromatic N) is 1. The lowest BCUT2D eigenvalue weighted by molar-refractivity contribution is -0.118. The molecule has 3 nitrogen and oxygen atoms in total. The van der Waals surface area contributed by atoms with Crippen LogP contribution in [0.5, 0.6) is 0 Å². The highest BCUT2D eigenvalue weighted by molar-refractivity contribution is 5.73. The van der Waals surface area contributed by atoms with Gasteiger partial charge >= 0.3 is 0 Å². The molecule has 1 amide bonds. The number of carbonyl (C=O) groups is 1. The van der Waals surface area contributed by atoms with Crippen molar-refractivity contribution in [3.8, 4) is 0 Å². The highest BCUT2D eigenvalue weighted by atomic mass is 16.1. The first-order valence-corrected chi connectivity index (χ1v) is 7.32. The molecule has 0 aliphatic carbocycles. The molecule has 110 valence electrons. The molecular weight excluding hydrogens is 260 g/mol. The molecule has 2 N–H and O–H groups in total.